The van der Waals surface area contributed by atoms with Gasteiger partial charge in [-0.2, -0.15) is 13.2 Å². The Bertz CT molecular complexity index is 1220. The molecule has 0 aliphatic heterocycles. The Balaban J connectivity index is 1.96. The first kappa shape index (κ1) is 24.9. The fourth-order valence-corrected chi connectivity index (χ4v) is 5.22. The standard InChI is InChI=1S/C24H24ClF3N2O2S/c1-3-29(17-18-9-5-6-14-23(18)25)20-11-8-12-21(16-20)30(4-2)33(31,32)22-13-7-10-19(15-22)24(26,27)28/h5-16H,3-4,17H2,1-2H3. The lowest BCUT2D eigenvalue weighted by Gasteiger charge is -2.27. The topological polar surface area (TPSA) is 40.6 Å². The zero-order valence-electron chi connectivity index (χ0n) is 18.2. The summed E-state index contributed by atoms with van der Waals surface area (Å²) in [5.41, 5.74) is 1.05. The SMILES string of the molecule is CCN(Cc1ccccc1Cl)c1cccc(N(CC)S(=O)(=O)c2cccc(C(F)(F)F)c2)c1. The molecule has 0 radical (unpaired) electrons. The van der Waals surface area contributed by atoms with Gasteiger partial charge < -0.3 is 4.90 Å². The minimum atomic E-state index is -4.64. The van der Waals surface area contributed by atoms with Crippen LogP contribution in [0.2, 0.25) is 5.02 Å². The Morgan fingerprint density at radius 3 is 2.15 bits per heavy atom. The van der Waals surface area contributed by atoms with Crippen LogP contribution in [0.15, 0.2) is 77.7 Å². The van der Waals surface area contributed by atoms with Crippen LogP contribution in [0.3, 0.4) is 0 Å². The van der Waals surface area contributed by atoms with E-state index in [1.54, 1.807) is 25.1 Å². The number of halogens is 4. The van der Waals surface area contributed by atoms with Crippen LogP contribution >= 0.6 is 11.6 Å². The molecule has 9 heteroatoms. The average molecular weight is 497 g/mol. The fourth-order valence-electron chi connectivity index (χ4n) is 3.51. The van der Waals surface area contributed by atoms with Gasteiger partial charge in [-0.1, -0.05) is 41.9 Å². The van der Waals surface area contributed by atoms with E-state index in [-0.39, 0.29) is 6.54 Å². The molecule has 0 amide bonds. The van der Waals surface area contributed by atoms with Crippen molar-refractivity contribution in [3.63, 3.8) is 0 Å². The number of anilines is 2. The molecule has 0 aliphatic rings. The summed E-state index contributed by atoms with van der Waals surface area (Å²) < 4.78 is 67.0. The van der Waals surface area contributed by atoms with E-state index in [0.29, 0.717) is 29.9 Å². The van der Waals surface area contributed by atoms with E-state index < -0.39 is 26.7 Å². The third kappa shape index (κ3) is 5.62. The van der Waals surface area contributed by atoms with Gasteiger partial charge in [0.25, 0.3) is 10.0 Å². The largest absolute Gasteiger partial charge is 0.416 e. The molecule has 0 N–H and O–H groups in total. The minimum absolute atomic E-state index is 0.0542. The first-order valence-corrected chi connectivity index (χ1v) is 12.2. The van der Waals surface area contributed by atoms with Gasteiger partial charge in [0.15, 0.2) is 0 Å². The normalized spacial score (nSPS) is 11.9. The lowest BCUT2D eigenvalue weighted by atomic mass is 10.2. The second-order valence-electron chi connectivity index (χ2n) is 7.32. The molecule has 0 aliphatic carbocycles. The molecule has 0 saturated heterocycles. The van der Waals surface area contributed by atoms with Crippen LogP contribution in [-0.2, 0) is 22.7 Å². The van der Waals surface area contributed by atoms with Gasteiger partial charge in [0.2, 0.25) is 0 Å². The average Bonchev–Trinajstić information content (AvgIpc) is 2.78. The smallest absolute Gasteiger partial charge is 0.367 e. The van der Waals surface area contributed by atoms with E-state index >= 15 is 0 Å². The highest BCUT2D eigenvalue weighted by atomic mass is 35.5. The van der Waals surface area contributed by atoms with Crippen molar-refractivity contribution in [3.05, 3.63) is 88.9 Å². The Morgan fingerprint density at radius 2 is 1.52 bits per heavy atom. The van der Waals surface area contributed by atoms with Crippen LogP contribution in [0.4, 0.5) is 24.5 Å². The molecule has 0 saturated carbocycles. The maximum atomic E-state index is 13.3. The number of nitrogens with zero attached hydrogens (tertiary/aromatic N) is 2. The molecule has 33 heavy (non-hydrogen) atoms. The van der Waals surface area contributed by atoms with Crippen LogP contribution in [0.25, 0.3) is 0 Å². The Labute approximate surface area is 197 Å². The van der Waals surface area contributed by atoms with E-state index in [0.717, 1.165) is 27.7 Å². The lowest BCUT2D eigenvalue weighted by Crippen LogP contribution is -2.31. The van der Waals surface area contributed by atoms with E-state index in [1.807, 2.05) is 42.2 Å². The highest BCUT2D eigenvalue weighted by Gasteiger charge is 2.33. The molecule has 4 nitrogen and oxygen atoms in total. The van der Waals surface area contributed by atoms with Gasteiger partial charge in [-0.05, 0) is 61.9 Å². The number of hydrogen-bond donors (Lipinski definition) is 0. The van der Waals surface area contributed by atoms with Crippen molar-refractivity contribution in [1.82, 2.24) is 0 Å². The van der Waals surface area contributed by atoms with Crippen LogP contribution in [0.5, 0.6) is 0 Å². The van der Waals surface area contributed by atoms with Crippen molar-refractivity contribution in [2.75, 3.05) is 22.3 Å². The maximum absolute atomic E-state index is 13.3. The monoisotopic (exact) mass is 496 g/mol. The van der Waals surface area contributed by atoms with Gasteiger partial charge in [0.1, 0.15) is 0 Å². The molecule has 0 bridgehead atoms. The first-order valence-electron chi connectivity index (χ1n) is 10.4. The zero-order chi connectivity index (χ0) is 24.2. The van der Waals surface area contributed by atoms with Crippen molar-refractivity contribution in [2.45, 2.75) is 31.5 Å². The first-order chi connectivity index (χ1) is 15.6. The molecule has 0 heterocycles. The van der Waals surface area contributed by atoms with Crippen LogP contribution < -0.4 is 9.21 Å². The summed E-state index contributed by atoms with van der Waals surface area (Å²) in [5.74, 6) is 0. The quantitative estimate of drug-likeness (QED) is 0.353. The predicted molar refractivity (Wildman–Crippen MR) is 126 cm³/mol. The molecule has 0 unspecified atom stereocenters. The van der Waals surface area contributed by atoms with Crippen LogP contribution in [0.1, 0.15) is 25.0 Å². The molecule has 3 aromatic rings. The Kier molecular flexibility index (Phi) is 7.59. The molecule has 0 fully saturated rings. The third-order valence-corrected chi connectivity index (χ3v) is 7.49. The summed E-state index contributed by atoms with van der Waals surface area (Å²) in [6.45, 7) is 4.83. The molecular weight excluding hydrogens is 473 g/mol. The van der Waals surface area contributed by atoms with Gasteiger partial charge in [0.05, 0.1) is 16.1 Å². The predicted octanol–water partition coefficient (Wildman–Crippen LogP) is 6.60. The number of hydrogen-bond acceptors (Lipinski definition) is 3. The van der Waals surface area contributed by atoms with Crippen LogP contribution in [-0.4, -0.2) is 21.5 Å². The van der Waals surface area contributed by atoms with E-state index in [4.69, 9.17) is 11.6 Å². The molecule has 176 valence electrons. The summed E-state index contributed by atoms with van der Waals surface area (Å²) in [5, 5.41) is 0.634. The van der Waals surface area contributed by atoms with Gasteiger partial charge in [0, 0.05) is 30.3 Å². The van der Waals surface area contributed by atoms with Crippen molar-refractivity contribution < 1.29 is 21.6 Å². The summed E-state index contributed by atoms with van der Waals surface area (Å²) in [4.78, 5) is 1.63. The Hall–Kier alpha value is -2.71. The highest BCUT2D eigenvalue weighted by molar-refractivity contribution is 7.92. The highest BCUT2D eigenvalue weighted by Crippen LogP contribution is 2.33. The van der Waals surface area contributed by atoms with Crippen molar-refractivity contribution >= 4 is 33.0 Å². The molecular formula is C24H24ClF3N2O2S. The van der Waals surface area contributed by atoms with Crippen LogP contribution in [0, 0.1) is 0 Å². The number of sulfonamides is 1. The molecule has 3 rings (SSSR count). The van der Waals surface area contributed by atoms with Gasteiger partial charge in [-0.25, -0.2) is 8.42 Å². The summed E-state index contributed by atoms with van der Waals surface area (Å²) >= 11 is 6.30. The summed E-state index contributed by atoms with van der Waals surface area (Å²) in [7, 11) is -4.21. The molecule has 3 aromatic carbocycles. The van der Waals surface area contributed by atoms with Gasteiger partial charge >= 0.3 is 6.18 Å². The molecule has 0 atom stereocenters. The second-order valence-corrected chi connectivity index (χ2v) is 9.59. The Morgan fingerprint density at radius 1 is 0.848 bits per heavy atom. The third-order valence-electron chi connectivity index (χ3n) is 5.22. The number of alkyl halides is 3. The fraction of sp³-hybridized carbons (Fsp3) is 0.250. The molecule has 0 spiro atoms. The lowest BCUT2D eigenvalue weighted by molar-refractivity contribution is -0.137. The zero-order valence-corrected chi connectivity index (χ0v) is 19.8. The van der Waals surface area contributed by atoms with Gasteiger partial charge in [-0.15, -0.1) is 0 Å². The number of rotatable bonds is 8. The number of benzene rings is 3. The van der Waals surface area contributed by atoms with Crippen molar-refractivity contribution in [3.8, 4) is 0 Å². The van der Waals surface area contributed by atoms with E-state index in [2.05, 4.69) is 0 Å². The molecule has 0 aromatic heterocycles. The van der Waals surface area contributed by atoms with E-state index in [9.17, 15) is 21.6 Å². The van der Waals surface area contributed by atoms with Crippen molar-refractivity contribution in [1.29, 1.82) is 0 Å². The van der Waals surface area contributed by atoms with E-state index in [1.165, 1.54) is 6.07 Å². The maximum Gasteiger partial charge on any atom is 0.416 e. The second kappa shape index (κ2) is 10.1. The summed E-state index contributed by atoms with van der Waals surface area (Å²) in [6, 6.07) is 18.2. The minimum Gasteiger partial charge on any atom is -0.367 e. The summed E-state index contributed by atoms with van der Waals surface area (Å²) in [6.07, 6.45) is -4.64. The van der Waals surface area contributed by atoms with Gasteiger partial charge in [-0.3, -0.25) is 4.31 Å². The van der Waals surface area contributed by atoms with Crippen molar-refractivity contribution in [2.24, 2.45) is 0 Å².